The standard InChI is InChI=1S/C31H48O2/c1-4-6-8-10-11-12-13-15-25-32-31-23-21-30(22-24-31)29-19-17-28(18-20-29)26-33-27(3)16-14-9-7-5-2/h17-24,27H,4-16,25-26H2,1-3H3/t27-/m0/s1. The summed E-state index contributed by atoms with van der Waals surface area (Å²) in [5, 5.41) is 0. The van der Waals surface area contributed by atoms with Crippen LogP contribution < -0.4 is 4.74 Å². The van der Waals surface area contributed by atoms with Gasteiger partial charge in [0.25, 0.3) is 0 Å². The first kappa shape index (κ1) is 27.4. The van der Waals surface area contributed by atoms with Crippen LogP contribution in [0.5, 0.6) is 5.75 Å². The molecule has 184 valence electrons. The van der Waals surface area contributed by atoms with Crippen LogP contribution in [0, 0.1) is 0 Å². The second-order valence-electron chi connectivity index (χ2n) is 9.52. The van der Waals surface area contributed by atoms with E-state index in [9.17, 15) is 0 Å². The molecule has 2 aromatic carbocycles. The molecule has 0 fully saturated rings. The van der Waals surface area contributed by atoms with Crippen LogP contribution in [-0.2, 0) is 11.3 Å². The highest BCUT2D eigenvalue weighted by molar-refractivity contribution is 5.64. The van der Waals surface area contributed by atoms with Crippen molar-refractivity contribution in [2.24, 2.45) is 0 Å². The Morgan fingerprint density at radius 1 is 0.606 bits per heavy atom. The van der Waals surface area contributed by atoms with Gasteiger partial charge in [0, 0.05) is 0 Å². The topological polar surface area (TPSA) is 18.5 Å². The molecule has 2 heteroatoms. The van der Waals surface area contributed by atoms with Gasteiger partial charge in [-0.15, -0.1) is 0 Å². The molecule has 0 aliphatic heterocycles. The summed E-state index contributed by atoms with van der Waals surface area (Å²) in [5.74, 6) is 0.972. The summed E-state index contributed by atoms with van der Waals surface area (Å²) >= 11 is 0. The maximum Gasteiger partial charge on any atom is 0.119 e. The van der Waals surface area contributed by atoms with E-state index in [2.05, 4.69) is 69.3 Å². The molecule has 2 aromatic rings. The summed E-state index contributed by atoms with van der Waals surface area (Å²) in [6.45, 7) is 8.23. The van der Waals surface area contributed by atoms with Gasteiger partial charge in [0.15, 0.2) is 0 Å². The van der Waals surface area contributed by atoms with Crippen LogP contribution in [0.3, 0.4) is 0 Å². The molecule has 0 spiro atoms. The molecule has 1 atom stereocenters. The summed E-state index contributed by atoms with van der Waals surface area (Å²) in [6, 6.07) is 17.3. The van der Waals surface area contributed by atoms with E-state index in [1.165, 1.54) is 87.3 Å². The maximum atomic E-state index is 6.04. The van der Waals surface area contributed by atoms with E-state index < -0.39 is 0 Å². The van der Waals surface area contributed by atoms with Gasteiger partial charge in [-0.1, -0.05) is 121 Å². The van der Waals surface area contributed by atoms with E-state index in [1.807, 2.05) is 0 Å². The molecule has 2 nitrogen and oxygen atoms in total. The molecular weight excluding hydrogens is 404 g/mol. The molecule has 0 bridgehead atoms. The Bertz CT molecular complexity index is 705. The van der Waals surface area contributed by atoms with E-state index >= 15 is 0 Å². The van der Waals surface area contributed by atoms with Crippen molar-refractivity contribution in [2.75, 3.05) is 6.61 Å². The molecule has 0 aliphatic rings. The van der Waals surface area contributed by atoms with Gasteiger partial charge in [0.1, 0.15) is 5.75 Å². The van der Waals surface area contributed by atoms with Gasteiger partial charge >= 0.3 is 0 Å². The van der Waals surface area contributed by atoms with Crippen LogP contribution >= 0.6 is 0 Å². The molecule has 0 amide bonds. The van der Waals surface area contributed by atoms with Crippen molar-refractivity contribution < 1.29 is 9.47 Å². The van der Waals surface area contributed by atoms with Crippen molar-refractivity contribution >= 4 is 0 Å². The zero-order valence-corrected chi connectivity index (χ0v) is 21.6. The van der Waals surface area contributed by atoms with E-state index in [0.29, 0.717) is 12.7 Å². The van der Waals surface area contributed by atoms with Crippen molar-refractivity contribution in [1.82, 2.24) is 0 Å². The predicted octanol–water partition coefficient (Wildman–Crippen LogP) is 9.75. The molecule has 0 saturated carbocycles. The monoisotopic (exact) mass is 452 g/mol. The minimum absolute atomic E-state index is 0.333. The zero-order chi connectivity index (χ0) is 23.6. The van der Waals surface area contributed by atoms with Gasteiger partial charge < -0.3 is 9.47 Å². The molecule has 0 aliphatic carbocycles. The highest BCUT2D eigenvalue weighted by atomic mass is 16.5. The lowest BCUT2D eigenvalue weighted by atomic mass is 10.0. The Morgan fingerprint density at radius 3 is 1.73 bits per heavy atom. The Labute approximate surface area is 204 Å². The van der Waals surface area contributed by atoms with Gasteiger partial charge in [-0.2, -0.15) is 0 Å². The first-order valence-corrected chi connectivity index (χ1v) is 13.7. The Kier molecular flexibility index (Phi) is 14.7. The van der Waals surface area contributed by atoms with Gasteiger partial charge in [-0.25, -0.2) is 0 Å². The summed E-state index contributed by atoms with van der Waals surface area (Å²) in [4.78, 5) is 0. The number of hydrogen-bond acceptors (Lipinski definition) is 2. The summed E-state index contributed by atoms with van der Waals surface area (Å²) in [7, 11) is 0. The van der Waals surface area contributed by atoms with Gasteiger partial charge in [0.2, 0.25) is 0 Å². The summed E-state index contributed by atoms with van der Waals surface area (Å²) in [6.07, 6.45) is 17.3. The van der Waals surface area contributed by atoms with Crippen LogP contribution in [-0.4, -0.2) is 12.7 Å². The fraction of sp³-hybridized carbons (Fsp3) is 0.613. The van der Waals surface area contributed by atoms with Crippen molar-refractivity contribution in [3.63, 3.8) is 0 Å². The highest BCUT2D eigenvalue weighted by Crippen LogP contribution is 2.23. The third-order valence-corrected chi connectivity index (χ3v) is 6.41. The van der Waals surface area contributed by atoms with Crippen LogP contribution in [0.15, 0.2) is 48.5 Å². The fourth-order valence-electron chi connectivity index (χ4n) is 4.14. The molecule has 0 saturated heterocycles. The fourth-order valence-corrected chi connectivity index (χ4v) is 4.14. The van der Waals surface area contributed by atoms with E-state index in [1.54, 1.807) is 0 Å². The van der Waals surface area contributed by atoms with Gasteiger partial charge in [0.05, 0.1) is 19.3 Å². The lowest BCUT2D eigenvalue weighted by molar-refractivity contribution is 0.0459. The minimum Gasteiger partial charge on any atom is -0.494 e. The van der Waals surface area contributed by atoms with E-state index in [4.69, 9.17) is 9.47 Å². The average Bonchev–Trinajstić information content (AvgIpc) is 2.85. The predicted molar refractivity (Wildman–Crippen MR) is 143 cm³/mol. The summed E-state index contributed by atoms with van der Waals surface area (Å²) < 4.78 is 12.0. The largest absolute Gasteiger partial charge is 0.494 e. The minimum atomic E-state index is 0.333. The molecule has 33 heavy (non-hydrogen) atoms. The number of ether oxygens (including phenoxy) is 2. The Balaban J connectivity index is 1.64. The highest BCUT2D eigenvalue weighted by Gasteiger charge is 2.04. The molecule has 0 radical (unpaired) electrons. The van der Waals surface area contributed by atoms with Crippen LogP contribution in [0.25, 0.3) is 11.1 Å². The molecule has 2 rings (SSSR count). The Morgan fingerprint density at radius 2 is 1.12 bits per heavy atom. The zero-order valence-electron chi connectivity index (χ0n) is 21.6. The number of rotatable bonds is 19. The van der Waals surface area contributed by atoms with E-state index in [0.717, 1.165) is 25.2 Å². The van der Waals surface area contributed by atoms with Gasteiger partial charge in [-0.3, -0.25) is 0 Å². The maximum absolute atomic E-state index is 6.04. The number of hydrogen-bond donors (Lipinski definition) is 0. The quantitative estimate of drug-likeness (QED) is 0.197. The molecule has 0 heterocycles. The van der Waals surface area contributed by atoms with Crippen LogP contribution in [0.1, 0.15) is 110 Å². The molecule has 0 unspecified atom stereocenters. The van der Waals surface area contributed by atoms with Crippen molar-refractivity contribution in [3.8, 4) is 16.9 Å². The van der Waals surface area contributed by atoms with Crippen molar-refractivity contribution in [3.05, 3.63) is 54.1 Å². The van der Waals surface area contributed by atoms with Gasteiger partial charge in [-0.05, 0) is 48.6 Å². The molecule has 0 N–H and O–H groups in total. The lowest BCUT2D eigenvalue weighted by Gasteiger charge is -2.13. The first-order valence-electron chi connectivity index (χ1n) is 13.7. The lowest BCUT2D eigenvalue weighted by Crippen LogP contribution is -2.07. The van der Waals surface area contributed by atoms with Crippen LogP contribution in [0.4, 0.5) is 0 Å². The number of benzene rings is 2. The smallest absolute Gasteiger partial charge is 0.119 e. The third-order valence-electron chi connectivity index (χ3n) is 6.41. The first-order chi connectivity index (χ1) is 16.2. The SMILES string of the molecule is CCCCCCCCCCOc1ccc(-c2ccc(CO[C@@H](C)CCCCCC)cc2)cc1. The second-order valence-corrected chi connectivity index (χ2v) is 9.52. The normalized spacial score (nSPS) is 12.1. The van der Waals surface area contributed by atoms with Crippen LogP contribution in [0.2, 0.25) is 0 Å². The third kappa shape index (κ3) is 12.3. The van der Waals surface area contributed by atoms with Crippen molar-refractivity contribution in [2.45, 2.75) is 117 Å². The summed E-state index contributed by atoms with van der Waals surface area (Å²) in [5.41, 5.74) is 3.71. The molecule has 0 aromatic heterocycles. The number of unbranched alkanes of at least 4 members (excludes halogenated alkanes) is 10. The Hall–Kier alpha value is -1.80. The average molecular weight is 453 g/mol. The van der Waals surface area contributed by atoms with E-state index in [-0.39, 0.29) is 0 Å². The molecular formula is C31H48O2. The second kappa shape index (κ2) is 17.6. The van der Waals surface area contributed by atoms with Crippen molar-refractivity contribution in [1.29, 1.82) is 0 Å².